The lowest BCUT2D eigenvalue weighted by Gasteiger charge is -2.04. The number of carbonyl (C=O) groups is 1. The molecule has 0 fully saturated rings. The van der Waals surface area contributed by atoms with Gasteiger partial charge in [-0.15, -0.1) is 0 Å². The number of nitrogens with zero attached hydrogens (tertiary/aromatic N) is 2. The van der Waals surface area contributed by atoms with E-state index in [1.807, 2.05) is 18.2 Å². The molecule has 6 nitrogen and oxygen atoms in total. The Morgan fingerprint density at radius 3 is 2.52 bits per heavy atom. The summed E-state index contributed by atoms with van der Waals surface area (Å²) in [7, 11) is 0. The zero-order chi connectivity index (χ0) is 19.2. The second-order valence-electron chi connectivity index (χ2n) is 6.04. The molecule has 0 aliphatic rings. The third-order valence-corrected chi connectivity index (χ3v) is 5.37. The van der Waals surface area contributed by atoms with Crippen molar-refractivity contribution in [1.29, 1.82) is 0 Å². The van der Waals surface area contributed by atoms with Gasteiger partial charge in [0.25, 0.3) is 5.69 Å². The van der Waals surface area contributed by atoms with Gasteiger partial charge in [-0.1, -0.05) is 41.7 Å². The second-order valence-corrected chi connectivity index (χ2v) is 6.97. The molecule has 3 aromatic rings. The highest BCUT2D eigenvalue weighted by Crippen LogP contribution is 2.15. The maximum atomic E-state index is 12.1. The highest BCUT2D eigenvalue weighted by molar-refractivity contribution is 7.09. The number of carbonyl (C=O) groups excluding carboxylic acids is 1. The molecule has 0 spiro atoms. The van der Waals surface area contributed by atoms with Crippen molar-refractivity contribution in [3.05, 3.63) is 91.9 Å². The first-order valence-corrected chi connectivity index (χ1v) is 9.34. The van der Waals surface area contributed by atoms with Gasteiger partial charge in [-0.2, -0.15) is 4.57 Å². The van der Waals surface area contributed by atoms with E-state index >= 15 is 0 Å². The Morgan fingerprint density at radius 1 is 1.15 bits per heavy atom. The summed E-state index contributed by atoms with van der Waals surface area (Å²) in [6, 6.07) is 15.6. The molecule has 3 rings (SSSR count). The average Bonchev–Trinajstić information content (AvgIpc) is 3.02. The first kappa shape index (κ1) is 18.7. The molecule has 0 aliphatic heterocycles. The molecule has 0 radical (unpaired) electrons. The molecule has 0 saturated heterocycles. The van der Waals surface area contributed by atoms with Crippen LogP contribution in [0.15, 0.2) is 60.1 Å². The molecule has 1 aromatic heterocycles. The number of thiazole rings is 1. The fraction of sp³-hybridized carbons (Fsp3) is 0.200. The molecular weight excluding hydrogens is 364 g/mol. The number of nitro groups is 1. The van der Waals surface area contributed by atoms with Crippen LogP contribution < -0.4 is 4.57 Å². The van der Waals surface area contributed by atoms with Crippen LogP contribution in [0.5, 0.6) is 0 Å². The smallest absolute Gasteiger partial charge is 0.338 e. The van der Waals surface area contributed by atoms with Crippen molar-refractivity contribution in [2.75, 3.05) is 6.61 Å². The summed E-state index contributed by atoms with van der Waals surface area (Å²) in [4.78, 5) is 23.4. The van der Waals surface area contributed by atoms with Crippen molar-refractivity contribution in [3.63, 3.8) is 0 Å². The Morgan fingerprint density at radius 2 is 1.85 bits per heavy atom. The molecule has 0 N–H and O–H groups in total. The monoisotopic (exact) mass is 383 g/mol. The summed E-state index contributed by atoms with van der Waals surface area (Å²) in [5, 5.41) is 10.6. The summed E-state index contributed by atoms with van der Waals surface area (Å²) < 4.78 is 7.49. The summed E-state index contributed by atoms with van der Waals surface area (Å²) in [5.41, 5.74) is 4.73. The minimum Gasteiger partial charge on any atom is -0.462 e. The first-order valence-electron chi connectivity index (χ1n) is 8.46. The van der Waals surface area contributed by atoms with E-state index < -0.39 is 10.9 Å². The SMILES string of the molecule is Cc1c(CCOC(=O)c2ccc([N+](=O)[O-])cc2)sc[n+]1Cc1ccccc1. The first-order chi connectivity index (χ1) is 13.0. The molecule has 1 heterocycles. The van der Waals surface area contributed by atoms with Gasteiger partial charge in [0.15, 0.2) is 12.2 Å². The third kappa shape index (κ3) is 4.77. The number of rotatable bonds is 7. The second kappa shape index (κ2) is 8.55. The minimum atomic E-state index is -0.501. The standard InChI is InChI=1S/C20H19N2O4S/c1-15-19(27-14-21(15)13-16-5-3-2-4-6-16)11-12-26-20(23)17-7-9-18(10-8-17)22(24)25/h2-10,14H,11-13H2,1H3/q+1. The van der Waals surface area contributed by atoms with E-state index in [1.54, 1.807) is 11.3 Å². The number of hydrogen-bond acceptors (Lipinski definition) is 5. The van der Waals surface area contributed by atoms with Crippen molar-refractivity contribution >= 4 is 23.0 Å². The van der Waals surface area contributed by atoms with Crippen LogP contribution in [0.3, 0.4) is 0 Å². The number of benzene rings is 2. The molecule has 0 amide bonds. The molecule has 0 aliphatic carbocycles. The van der Waals surface area contributed by atoms with Gasteiger partial charge >= 0.3 is 5.97 Å². The predicted octanol–water partition coefficient (Wildman–Crippen LogP) is 3.70. The van der Waals surface area contributed by atoms with Crippen molar-refractivity contribution in [2.24, 2.45) is 0 Å². The Balaban J connectivity index is 1.54. The van der Waals surface area contributed by atoms with Crippen LogP contribution in [0.25, 0.3) is 0 Å². The number of ether oxygens (including phenoxy) is 1. The van der Waals surface area contributed by atoms with Gasteiger partial charge < -0.3 is 4.74 Å². The summed E-state index contributed by atoms with van der Waals surface area (Å²) >= 11 is 1.64. The highest BCUT2D eigenvalue weighted by atomic mass is 32.1. The summed E-state index contributed by atoms with van der Waals surface area (Å²) in [6.45, 7) is 3.14. The van der Waals surface area contributed by atoms with E-state index in [2.05, 4.69) is 29.1 Å². The van der Waals surface area contributed by atoms with E-state index in [9.17, 15) is 14.9 Å². The van der Waals surface area contributed by atoms with Crippen LogP contribution in [-0.4, -0.2) is 17.5 Å². The number of nitro benzene ring substituents is 1. The van der Waals surface area contributed by atoms with E-state index in [0.29, 0.717) is 12.0 Å². The molecular formula is C20H19N2O4S+. The molecule has 7 heteroatoms. The van der Waals surface area contributed by atoms with Crippen LogP contribution >= 0.6 is 11.3 Å². The van der Waals surface area contributed by atoms with Crippen LogP contribution in [0.2, 0.25) is 0 Å². The molecule has 138 valence electrons. The van der Waals surface area contributed by atoms with E-state index in [0.717, 1.165) is 12.2 Å². The normalized spacial score (nSPS) is 10.6. The van der Waals surface area contributed by atoms with E-state index in [4.69, 9.17) is 4.74 Å². The lowest BCUT2D eigenvalue weighted by Crippen LogP contribution is -2.35. The lowest BCUT2D eigenvalue weighted by atomic mass is 10.2. The van der Waals surface area contributed by atoms with Crippen molar-refractivity contribution < 1.29 is 19.0 Å². The Bertz CT molecular complexity index is 936. The van der Waals surface area contributed by atoms with Gasteiger partial charge in [-0.3, -0.25) is 10.1 Å². The van der Waals surface area contributed by atoms with Crippen LogP contribution in [0.4, 0.5) is 5.69 Å². The average molecular weight is 383 g/mol. The third-order valence-electron chi connectivity index (χ3n) is 4.23. The highest BCUT2D eigenvalue weighted by Gasteiger charge is 2.16. The molecule has 0 saturated carbocycles. The number of esters is 1. The Kier molecular flexibility index (Phi) is 5.93. The number of hydrogen-bond donors (Lipinski definition) is 0. The quantitative estimate of drug-likeness (QED) is 0.270. The minimum absolute atomic E-state index is 0.0521. The fourth-order valence-electron chi connectivity index (χ4n) is 2.67. The Hall–Kier alpha value is -3.06. The van der Waals surface area contributed by atoms with Gasteiger partial charge in [0, 0.05) is 31.0 Å². The number of aromatic nitrogens is 1. The molecule has 2 aromatic carbocycles. The van der Waals surface area contributed by atoms with Gasteiger partial charge in [0.1, 0.15) is 0 Å². The fourth-order valence-corrected chi connectivity index (χ4v) is 3.64. The zero-order valence-corrected chi connectivity index (χ0v) is 15.6. The molecule has 0 bridgehead atoms. The van der Waals surface area contributed by atoms with E-state index in [1.165, 1.54) is 34.7 Å². The van der Waals surface area contributed by atoms with Crippen molar-refractivity contribution in [2.45, 2.75) is 19.9 Å². The van der Waals surface area contributed by atoms with Crippen LogP contribution in [0.1, 0.15) is 26.5 Å². The van der Waals surface area contributed by atoms with Crippen LogP contribution in [-0.2, 0) is 17.7 Å². The molecule has 27 heavy (non-hydrogen) atoms. The summed E-state index contributed by atoms with van der Waals surface area (Å²) in [6.07, 6.45) is 0.636. The maximum absolute atomic E-state index is 12.1. The van der Waals surface area contributed by atoms with Gasteiger partial charge in [0.05, 0.1) is 22.0 Å². The largest absolute Gasteiger partial charge is 0.462 e. The van der Waals surface area contributed by atoms with Gasteiger partial charge in [-0.25, -0.2) is 4.79 Å². The van der Waals surface area contributed by atoms with Gasteiger partial charge in [0.2, 0.25) is 5.51 Å². The molecule has 0 unspecified atom stereocenters. The van der Waals surface area contributed by atoms with E-state index in [-0.39, 0.29) is 12.3 Å². The zero-order valence-electron chi connectivity index (χ0n) is 14.8. The lowest BCUT2D eigenvalue weighted by molar-refractivity contribution is -0.689. The predicted molar refractivity (Wildman–Crippen MR) is 102 cm³/mol. The van der Waals surface area contributed by atoms with Gasteiger partial charge in [-0.05, 0) is 12.1 Å². The van der Waals surface area contributed by atoms with Crippen molar-refractivity contribution in [1.82, 2.24) is 0 Å². The van der Waals surface area contributed by atoms with Crippen molar-refractivity contribution in [3.8, 4) is 0 Å². The summed E-state index contributed by atoms with van der Waals surface area (Å²) in [5.74, 6) is -0.476. The maximum Gasteiger partial charge on any atom is 0.338 e. The topological polar surface area (TPSA) is 73.3 Å². The molecule has 0 atom stereocenters. The number of non-ortho nitro benzene ring substituents is 1. The Labute approximate surface area is 160 Å². The van der Waals surface area contributed by atoms with Crippen LogP contribution in [0, 0.1) is 17.0 Å².